The van der Waals surface area contributed by atoms with E-state index in [1.54, 1.807) is 48.5 Å². The van der Waals surface area contributed by atoms with Gasteiger partial charge in [-0.2, -0.15) is 0 Å². The van der Waals surface area contributed by atoms with Gasteiger partial charge in [0.1, 0.15) is 0 Å². The van der Waals surface area contributed by atoms with E-state index in [4.69, 9.17) is 9.47 Å². The fraction of sp³-hybridized carbons (Fsp3) is 0.467. The highest BCUT2D eigenvalue weighted by Crippen LogP contribution is 2.15. The molecule has 2 atom stereocenters. The Bertz CT molecular complexity index is 1050. The third-order valence-electron chi connectivity index (χ3n) is 6.95. The van der Waals surface area contributed by atoms with Crippen molar-refractivity contribution in [3.63, 3.8) is 0 Å². The quantitative estimate of drug-likeness (QED) is 0.281. The number of rotatable bonds is 13. The van der Waals surface area contributed by atoms with Crippen molar-refractivity contribution in [2.75, 3.05) is 36.9 Å². The van der Waals surface area contributed by atoms with E-state index in [2.05, 4.69) is 21.3 Å². The fourth-order valence-corrected chi connectivity index (χ4v) is 4.66. The lowest BCUT2D eigenvalue weighted by Gasteiger charge is -2.11. The lowest BCUT2D eigenvalue weighted by Crippen LogP contribution is -2.31. The summed E-state index contributed by atoms with van der Waals surface area (Å²) in [6.45, 7) is 2.49. The molecule has 4 amide bonds. The van der Waals surface area contributed by atoms with Crippen LogP contribution in [-0.2, 0) is 19.1 Å². The SMILES string of the molecule is O=C(CCCCC(=O)Nc1ccc(C(=O)NCC2CCCO2)cc1)Nc1ccc(C(=O)NCC2CCCO2)cc1. The summed E-state index contributed by atoms with van der Waals surface area (Å²) >= 11 is 0. The molecule has 2 saturated heterocycles. The first-order valence-corrected chi connectivity index (χ1v) is 14.1. The first kappa shape index (κ1) is 29.2. The summed E-state index contributed by atoms with van der Waals surface area (Å²) in [7, 11) is 0. The zero-order chi connectivity index (χ0) is 28.2. The lowest BCUT2D eigenvalue weighted by molar-refractivity contribution is -0.118. The Balaban J connectivity index is 1.08. The first-order chi connectivity index (χ1) is 19.5. The van der Waals surface area contributed by atoms with Crippen molar-refractivity contribution in [1.29, 1.82) is 0 Å². The van der Waals surface area contributed by atoms with Crippen LogP contribution in [0, 0.1) is 0 Å². The van der Waals surface area contributed by atoms with Crippen LogP contribution in [-0.4, -0.2) is 62.1 Å². The van der Waals surface area contributed by atoms with Crippen molar-refractivity contribution in [1.82, 2.24) is 10.6 Å². The largest absolute Gasteiger partial charge is 0.376 e. The van der Waals surface area contributed by atoms with E-state index in [-0.39, 0.29) is 48.7 Å². The molecule has 0 spiro atoms. The topological polar surface area (TPSA) is 135 Å². The Morgan fingerprint density at radius 3 is 1.38 bits per heavy atom. The molecule has 0 aromatic heterocycles. The van der Waals surface area contributed by atoms with E-state index in [0.717, 1.165) is 38.9 Å². The van der Waals surface area contributed by atoms with Crippen molar-refractivity contribution in [3.05, 3.63) is 59.7 Å². The Morgan fingerprint density at radius 1 is 0.625 bits per heavy atom. The molecule has 2 aliphatic rings. The van der Waals surface area contributed by atoms with Gasteiger partial charge in [-0.25, -0.2) is 0 Å². The second kappa shape index (κ2) is 15.1. The molecule has 2 aromatic rings. The summed E-state index contributed by atoms with van der Waals surface area (Å²) in [5.74, 6) is -0.634. The van der Waals surface area contributed by atoms with Gasteiger partial charge in [0.05, 0.1) is 12.2 Å². The Morgan fingerprint density at radius 2 is 1.02 bits per heavy atom. The summed E-state index contributed by atoms with van der Waals surface area (Å²) in [5, 5.41) is 11.4. The highest BCUT2D eigenvalue weighted by Gasteiger charge is 2.18. The monoisotopic (exact) mass is 550 g/mol. The van der Waals surface area contributed by atoms with Crippen LogP contribution >= 0.6 is 0 Å². The number of carbonyl (C=O) groups is 4. The summed E-state index contributed by atoms with van der Waals surface area (Å²) in [4.78, 5) is 49.1. The molecule has 2 aromatic carbocycles. The van der Waals surface area contributed by atoms with Crippen molar-refractivity contribution < 1.29 is 28.7 Å². The minimum atomic E-state index is -0.168. The van der Waals surface area contributed by atoms with Crippen LogP contribution in [0.25, 0.3) is 0 Å². The highest BCUT2D eigenvalue weighted by molar-refractivity contribution is 5.96. The Kier molecular flexibility index (Phi) is 11.1. The number of unbranched alkanes of at least 4 members (excludes halogenated alkanes) is 1. The molecule has 214 valence electrons. The molecule has 10 nitrogen and oxygen atoms in total. The van der Waals surface area contributed by atoms with Gasteiger partial charge in [-0.15, -0.1) is 0 Å². The van der Waals surface area contributed by atoms with E-state index in [1.165, 1.54) is 0 Å². The standard InChI is InChI=1S/C30H38N4O6/c35-27(33-23-13-9-21(10-14-23)29(37)31-19-25-5-3-17-39-25)7-1-2-8-28(36)34-24-15-11-22(12-16-24)30(38)32-20-26-6-4-18-40-26/h9-16,25-26H,1-8,17-20H2,(H,31,37)(H,32,38)(H,33,35)(H,34,36). The van der Waals surface area contributed by atoms with E-state index in [1.807, 2.05) is 0 Å². The zero-order valence-electron chi connectivity index (χ0n) is 22.7. The number of amides is 4. The summed E-state index contributed by atoms with van der Waals surface area (Å²) in [6, 6.07) is 13.5. The van der Waals surface area contributed by atoms with Gasteiger partial charge >= 0.3 is 0 Å². The number of carbonyl (C=O) groups excluding carboxylic acids is 4. The number of hydrogen-bond acceptors (Lipinski definition) is 6. The van der Waals surface area contributed by atoms with E-state index in [9.17, 15) is 19.2 Å². The average molecular weight is 551 g/mol. The molecule has 40 heavy (non-hydrogen) atoms. The van der Waals surface area contributed by atoms with Gasteiger partial charge in [-0.3, -0.25) is 19.2 Å². The number of nitrogens with one attached hydrogen (secondary N) is 4. The lowest BCUT2D eigenvalue weighted by atomic mass is 10.1. The van der Waals surface area contributed by atoms with E-state index >= 15 is 0 Å². The Labute approximate surface area is 234 Å². The molecule has 4 N–H and O–H groups in total. The zero-order valence-corrected chi connectivity index (χ0v) is 22.7. The minimum Gasteiger partial charge on any atom is -0.376 e. The second-order valence-electron chi connectivity index (χ2n) is 10.1. The summed E-state index contributed by atoms with van der Waals surface area (Å²) in [5.41, 5.74) is 2.27. The molecule has 0 radical (unpaired) electrons. The van der Waals surface area contributed by atoms with Gasteiger partial charge in [0.2, 0.25) is 11.8 Å². The van der Waals surface area contributed by atoms with Crippen molar-refractivity contribution >= 4 is 35.0 Å². The smallest absolute Gasteiger partial charge is 0.251 e. The molecule has 0 saturated carbocycles. The molecule has 2 fully saturated rings. The van der Waals surface area contributed by atoms with Crippen molar-refractivity contribution in [3.8, 4) is 0 Å². The molecule has 0 aliphatic carbocycles. The van der Waals surface area contributed by atoms with Gasteiger partial charge in [0, 0.05) is 61.6 Å². The van der Waals surface area contributed by atoms with E-state index in [0.29, 0.717) is 48.4 Å². The molecule has 10 heteroatoms. The molecule has 0 bridgehead atoms. The number of benzene rings is 2. The van der Waals surface area contributed by atoms with E-state index < -0.39 is 0 Å². The van der Waals surface area contributed by atoms with Crippen LogP contribution in [0.15, 0.2) is 48.5 Å². The molecular weight excluding hydrogens is 512 g/mol. The van der Waals surface area contributed by atoms with Gasteiger partial charge < -0.3 is 30.7 Å². The number of hydrogen-bond donors (Lipinski definition) is 4. The fourth-order valence-electron chi connectivity index (χ4n) is 4.66. The molecule has 4 rings (SSSR count). The van der Waals surface area contributed by atoms with Crippen LogP contribution in [0.3, 0.4) is 0 Å². The van der Waals surface area contributed by atoms with Crippen LogP contribution in [0.2, 0.25) is 0 Å². The summed E-state index contributed by atoms with van der Waals surface area (Å²) < 4.78 is 11.0. The Hall–Kier alpha value is -3.76. The third-order valence-corrected chi connectivity index (χ3v) is 6.95. The molecule has 2 unspecified atom stereocenters. The second-order valence-corrected chi connectivity index (χ2v) is 10.1. The maximum absolute atomic E-state index is 12.3. The summed E-state index contributed by atoms with van der Waals surface area (Å²) in [6.07, 6.45) is 5.83. The number of anilines is 2. The van der Waals surface area contributed by atoms with Crippen LogP contribution in [0.5, 0.6) is 0 Å². The van der Waals surface area contributed by atoms with Crippen LogP contribution in [0.4, 0.5) is 11.4 Å². The molecule has 2 aliphatic heterocycles. The highest BCUT2D eigenvalue weighted by atomic mass is 16.5. The molecular formula is C30H38N4O6. The van der Waals surface area contributed by atoms with Gasteiger partial charge in [-0.1, -0.05) is 0 Å². The van der Waals surface area contributed by atoms with Crippen LogP contribution < -0.4 is 21.3 Å². The van der Waals surface area contributed by atoms with Gasteiger partial charge in [0.25, 0.3) is 11.8 Å². The third kappa shape index (κ3) is 9.46. The number of ether oxygens (including phenoxy) is 2. The van der Waals surface area contributed by atoms with Crippen LogP contribution in [0.1, 0.15) is 72.1 Å². The maximum Gasteiger partial charge on any atom is 0.251 e. The van der Waals surface area contributed by atoms with Crippen molar-refractivity contribution in [2.24, 2.45) is 0 Å². The van der Waals surface area contributed by atoms with Gasteiger partial charge in [0.15, 0.2) is 0 Å². The average Bonchev–Trinajstić information content (AvgIpc) is 3.68. The first-order valence-electron chi connectivity index (χ1n) is 14.1. The van der Waals surface area contributed by atoms with Gasteiger partial charge in [-0.05, 0) is 87.1 Å². The predicted molar refractivity (Wildman–Crippen MR) is 151 cm³/mol. The maximum atomic E-state index is 12.3. The minimum absolute atomic E-state index is 0.0851. The predicted octanol–water partition coefficient (Wildman–Crippen LogP) is 3.64. The molecule has 2 heterocycles. The van der Waals surface area contributed by atoms with Crippen molar-refractivity contribution in [2.45, 2.75) is 63.6 Å². The normalized spacial score (nSPS) is 18.2.